The molecule has 1 fully saturated rings. The summed E-state index contributed by atoms with van der Waals surface area (Å²) in [5.74, 6) is 1.92. The van der Waals surface area contributed by atoms with Gasteiger partial charge in [-0.15, -0.1) is 11.8 Å². The Kier molecular flexibility index (Phi) is 5.77. The number of thioether (sulfide) groups is 1. The maximum atomic E-state index is 9.10. The highest BCUT2D eigenvalue weighted by molar-refractivity contribution is 7.98. The predicted molar refractivity (Wildman–Crippen MR) is 84.9 cm³/mol. The molecule has 0 saturated carbocycles. The molecule has 5 heteroatoms. The molecule has 114 valence electrons. The zero-order valence-electron chi connectivity index (χ0n) is 12.9. The van der Waals surface area contributed by atoms with Crippen molar-refractivity contribution in [1.82, 2.24) is 4.90 Å². The molecule has 1 atom stereocenters. The molecule has 2 rings (SSSR count). The Balaban J connectivity index is 2.20. The van der Waals surface area contributed by atoms with Gasteiger partial charge in [0, 0.05) is 18.7 Å². The number of piperidine rings is 1. The summed E-state index contributed by atoms with van der Waals surface area (Å²) in [4.78, 5) is 3.40. The van der Waals surface area contributed by atoms with E-state index in [2.05, 4.69) is 17.0 Å². The van der Waals surface area contributed by atoms with E-state index in [9.17, 15) is 0 Å². The van der Waals surface area contributed by atoms with Gasteiger partial charge in [-0.3, -0.25) is 4.90 Å². The van der Waals surface area contributed by atoms with Crippen molar-refractivity contribution in [3.63, 3.8) is 0 Å². The average Bonchev–Trinajstić information content (AvgIpc) is 2.54. The van der Waals surface area contributed by atoms with Crippen molar-refractivity contribution in [2.24, 2.45) is 5.92 Å². The number of ether oxygens (including phenoxy) is 2. The highest BCUT2D eigenvalue weighted by Crippen LogP contribution is 2.35. The van der Waals surface area contributed by atoms with E-state index in [0.717, 1.165) is 54.4 Å². The van der Waals surface area contributed by atoms with Gasteiger partial charge < -0.3 is 9.47 Å². The van der Waals surface area contributed by atoms with Crippen LogP contribution < -0.4 is 9.47 Å². The molecule has 1 aliphatic heterocycles. The van der Waals surface area contributed by atoms with E-state index >= 15 is 0 Å². The third-order valence-electron chi connectivity index (χ3n) is 3.87. The van der Waals surface area contributed by atoms with Gasteiger partial charge in [0.05, 0.1) is 31.1 Å². The van der Waals surface area contributed by atoms with E-state index in [-0.39, 0.29) is 5.92 Å². The molecule has 0 bridgehead atoms. The van der Waals surface area contributed by atoms with E-state index in [4.69, 9.17) is 14.7 Å². The van der Waals surface area contributed by atoms with Crippen molar-refractivity contribution in [3.05, 3.63) is 17.7 Å². The summed E-state index contributed by atoms with van der Waals surface area (Å²) >= 11 is 1.65. The first kappa shape index (κ1) is 16.0. The largest absolute Gasteiger partial charge is 0.496 e. The van der Waals surface area contributed by atoms with Gasteiger partial charge in [-0.2, -0.15) is 5.26 Å². The lowest BCUT2D eigenvalue weighted by Gasteiger charge is -2.30. The summed E-state index contributed by atoms with van der Waals surface area (Å²) in [7, 11) is 3.39. The quantitative estimate of drug-likeness (QED) is 0.782. The zero-order valence-corrected chi connectivity index (χ0v) is 13.7. The van der Waals surface area contributed by atoms with Crippen LogP contribution in [0.4, 0.5) is 0 Å². The van der Waals surface area contributed by atoms with Crippen LogP contribution in [0.2, 0.25) is 0 Å². The standard InChI is InChI=1S/C16H22N2O2S/c1-19-14-8-16(21-3)15(20-2)7-13(14)11-18-6-4-5-12(9-17)10-18/h7-8,12H,4-6,10-11H2,1-3H3/t12-/m1/s1. The molecular weight excluding hydrogens is 284 g/mol. The minimum Gasteiger partial charge on any atom is -0.496 e. The van der Waals surface area contributed by atoms with Crippen molar-refractivity contribution in [3.8, 4) is 17.6 Å². The lowest BCUT2D eigenvalue weighted by atomic mass is 9.99. The molecule has 0 unspecified atom stereocenters. The fraction of sp³-hybridized carbons (Fsp3) is 0.562. The Morgan fingerprint density at radius 2 is 2.10 bits per heavy atom. The molecule has 1 heterocycles. The Bertz CT molecular complexity index is 528. The van der Waals surface area contributed by atoms with E-state index in [1.807, 2.05) is 12.3 Å². The van der Waals surface area contributed by atoms with Crippen LogP contribution in [-0.4, -0.2) is 38.5 Å². The van der Waals surface area contributed by atoms with Crippen LogP contribution in [-0.2, 0) is 6.54 Å². The third kappa shape index (κ3) is 3.84. The number of benzene rings is 1. The maximum Gasteiger partial charge on any atom is 0.132 e. The van der Waals surface area contributed by atoms with Gasteiger partial charge in [0.2, 0.25) is 0 Å². The van der Waals surface area contributed by atoms with Crippen LogP contribution in [0, 0.1) is 17.2 Å². The van der Waals surface area contributed by atoms with Gasteiger partial charge in [0.25, 0.3) is 0 Å². The SMILES string of the molecule is COc1cc(SC)c(OC)cc1CN1CCC[C@H](C#N)C1. The smallest absolute Gasteiger partial charge is 0.132 e. The van der Waals surface area contributed by atoms with Crippen LogP contribution in [0.1, 0.15) is 18.4 Å². The second-order valence-corrected chi connectivity index (χ2v) is 6.07. The summed E-state index contributed by atoms with van der Waals surface area (Å²) < 4.78 is 11.0. The van der Waals surface area contributed by atoms with Gasteiger partial charge in [0.15, 0.2) is 0 Å². The molecule has 1 aliphatic rings. The number of rotatable bonds is 5. The lowest BCUT2D eigenvalue weighted by Crippen LogP contribution is -2.34. The highest BCUT2D eigenvalue weighted by Gasteiger charge is 2.21. The first-order chi connectivity index (χ1) is 10.2. The van der Waals surface area contributed by atoms with Crippen molar-refractivity contribution in [1.29, 1.82) is 5.26 Å². The maximum absolute atomic E-state index is 9.10. The Labute approximate surface area is 131 Å². The minimum absolute atomic E-state index is 0.150. The molecule has 0 N–H and O–H groups in total. The highest BCUT2D eigenvalue weighted by atomic mass is 32.2. The number of methoxy groups -OCH3 is 2. The molecule has 0 radical (unpaired) electrons. The minimum atomic E-state index is 0.150. The number of nitrogens with zero attached hydrogens (tertiary/aromatic N) is 2. The molecule has 1 aromatic carbocycles. The van der Waals surface area contributed by atoms with Crippen LogP contribution in [0.5, 0.6) is 11.5 Å². The summed E-state index contributed by atoms with van der Waals surface area (Å²) in [6.07, 6.45) is 4.12. The van der Waals surface area contributed by atoms with Crippen LogP contribution in [0.3, 0.4) is 0 Å². The first-order valence-electron chi connectivity index (χ1n) is 7.12. The molecule has 0 amide bonds. The van der Waals surface area contributed by atoms with Gasteiger partial charge in [-0.1, -0.05) is 0 Å². The fourth-order valence-electron chi connectivity index (χ4n) is 2.76. The Morgan fingerprint density at radius 3 is 2.71 bits per heavy atom. The summed E-state index contributed by atoms with van der Waals surface area (Å²) in [6, 6.07) is 6.48. The zero-order chi connectivity index (χ0) is 15.2. The summed E-state index contributed by atoms with van der Waals surface area (Å²) in [6.45, 7) is 2.67. The fourth-order valence-corrected chi connectivity index (χ4v) is 3.33. The van der Waals surface area contributed by atoms with Crippen LogP contribution in [0.15, 0.2) is 17.0 Å². The second-order valence-electron chi connectivity index (χ2n) is 5.22. The predicted octanol–water partition coefficient (Wildman–Crippen LogP) is 3.16. The Hall–Kier alpha value is -1.38. The van der Waals surface area contributed by atoms with Gasteiger partial charge >= 0.3 is 0 Å². The van der Waals surface area contributed by atoms with Crippen molar-refractivity contribution < 1.29 is 9.47 Å². The summed E-state index contributed by atoms with van der Waals surface area (Å²) in [5, 5.41) is 9.10. The van der Waals surface area contributed by atoms with Crippen molar-refractivity contribution in [2.45, 2.75) is 24.3 Å². The normalized spacial score (nSPS) is 19.0. The molecule has 21 heavy (non-hydrogen) atoms. The molecule has 0 aliphatic carbocycles. The van der Waals surface area contributed by atoms with Crippen molar-refractivity contribution >= 4 is 11.8 Å². The van der Waals surface area contributed by atoms with Gasteiger partial charge in [-0.05, 0) is 37.8 Å². The lowest BCUT2D eigenvalue weighted by molar-refractivity contribution is 0.190. The first-order valence-corrected chi connectivity index (χ1v) is 8.35. The van der Waals surface area contributed by atoms with Crippen molar-refractivity contribution in [2.75, 3.05) is 33.6 Å². The number of hydrogen-bond acceptors (Lipinski definition) is 5. The van der Waals surface area contributed by atoms with Crippen LogP contribution in [0.25, 0.3) is 0 Å². The summed E-state index contributed by atoms with van der Waals surface area (Å²) in [5.41, 5.74) is 1.12. The molecule has 0 aromatic heterocycles. The second kappa shape index (κ2) is 7.58. The molecule has 4 nitrogen and oxygen atoms in total. The molecule has 0 spiro atoms. The number of hydrogen-bond donors (Lipinski definition) is 0. The van der Waals surface area contributed by atoms with Gasteiger partial charge in [0.1, 0.15) is 11.5 Å². The van der Waals surface area contributed by atoms with E-state index < -0.39 is 0 Å². The third-order valence-corrected chi connectivity index (χ3v) is 4.63. The average molecular weight is 306 g/mol. The van der Waals surface area contributed by atoms with Gasteiger partial charge in [-0.25, -0.2) is 0 Å². The van der Waals surface area contributed by atoms with E-state index in [1.165, 1.54) is 0 Å². The topological polar surface area (TPSA) is 45.5 Å². The molecular formula is C16H22N2O2S. The Morgan fingerprint density at radius 1 is 1.33 bits per heavy atom. The molecule has 1 aromatic rings. The molecule has 1 saturated heterocycles. The monoisotopic (exact) mass is 306 g/mol. The van der Waals surface area contributed by atoms with E-state index in [1.54, 1.807) is 26.0 Å². The van der Waals surface area contributed by atoms with Crippen LogP contribution >= 0.6 is 11.8 Å². The number of nitriles is 1. The number of likely N-dealkylation sites (tertiary alicyclic amines) is 1. The van der Waals surface area contributed by atoms with E-state index in [0.29, 0.717) is 0 Å².